The monoisotopic (exact) mass is 324 g/mol. The fourth-order valence-corrected chi connectivity index (χ4v) is 0.163. The van der Waals surface area contributed by atoms with Gasteiger partial charge in [0.15, 0.2) is 0 Å². The second-order valence-electron chi connectivity index (χ2n) is 0.986. The van der Waals surface area contributed by atoms with Crippen LogP contribution in [0.15, 0.2) is 0 Å². The second-order valence-corrected chi connectivity index (χ2v) is 0.986. The second kappa shape index (κ2) is 16.7. The van der Waals surface area contributed by atoms with Crippen molar-refractivity contribution < 1.29 is 130 Å². The standard InChI is InChI=1S/C3H2O7.2Cu.2Na.2H/c4-1(5)9-3(8)10-2(6)7;;;;;;/h(H,4,5)(H,6,7);;;;;;/q;;;2*+1;2*-1. The third-order valence-electron chi connectivity index (χ3n) is 0.341. The van der Waals surface area contributed by atoms with E-state index in [2.05, 4.69) is 9.47 Å². The van der Waals surface area contributed by atoms with Gasteiger partial charge in [0, 0.05) is 34.1 Å². The molecule has 0 amide bonds. The van der Waals surface area contributed by atoms with Crippen molar-refractivity contribution in [2.24, 2.45) is 0 Å². The minimum Gasteiger partial charge on any atom is -1.00 e. The number of ether oxygens (including phenoxy) is 2. The molecule has 0 heterocycles. The quantitative estimate of drug-likeness (QED) is 0.260. The smallest absolute Gasteiger partial charge is 1.00 e. The summed E-state index contributed by atoms with van der Waals surface area (Å²) in [5, 5.41) is 15.4. The summed E-state index contributed by atoms with van der Waals surface area (Å²) in [6.45, 7) is 0. The molecule has 0 rings (SSSR count). The molecule has 0 aliphatic carbocycles. The SMILES string of the molecule is O=C(O)OC(=O)OC(=O)O.[Cu].[Cu].[H-].[H-].[Na+].[Na+]. The molecule has 2 radical (unpaired) electrons. The van der Waals surface area contributed by atoms with Crippen LogP contribution in [0.3, 0.4) is 0 Å². The minimum atomic E-state index is -1.92. The van der Waals surface area contributed by atoms with Crippen molar-refractivity contribution in [3.8, 4) is 0 Å². The summed E-state index contributed by atoms with van der Waals surface area (Å²) in [7, 11) is 0. The van der Waals surface area contributed by atoms with Crippen LogP contribution < -0.4 is 59.1 Å². The van der Waals surface area contributed by atoms with Crippen molar-refractivity contribution in [1.29, 1.82) is 0 Å². The molecule has 11 heteroatoms. The van der Waals surface area contributed by atoms with E-state index in [4.69, 9.17) is 10.2 Å². The normalized spacial score (nSPS) is 5.71. The first-order chi connectivity index (χ1) is 4.52. The summed E-state index contributed by atoms with van der Waals surface area (Å²) in [6.07, 6.45) is -5.64. The number of rotatable bonds is 0. The Balaban J connectivity index is -0.0000000270. The number of hydrogen-bond donors (Lipinski definition) is 2. The van der Waals surface area contributed by atoms with Gasteiger partial charge in [-0.25, -0.2) is 14.4 Å². The van der Waals surface area contributed by atoms with E-state index >= 15 is 0 Å². The zero-order valence-corrected chi connectivity index (χ0v) is 12.9. The topological polar surface area (TPSA) is 110 Å². The molecule has 0 aromatic rings. The van der Waals surface area contributed by atoms with Crippen molar-refractivity contribution in [2.45, 2.75) is 0 Å². The van der Waals surface area contributed by atoms with E-state index in [1.54, 1.807) is 0 Å². The molecule has 0 spiro atoms. The molecule has 0 unspecified atom stereocenters. The number of carbonyl (C=O) groups is 3. The number of carboxylic acid groups (broad SMARTS) is 2. The molecule has 14 heavy (non-hydrogen) atoms. The Labute approximate surface area is 147 Å². The van der Waals surface area contributed by atoms with E-state index in [1.165, 1.54) is 0 Å². The van der Waals surface area contributed by atoms with Crippen molar-refractivity contribution in [2.75, 3.05) is 0 Å². The fourth-order valence-electron chi connectivity index (χ4n) is 0.163. The molecule has 0 saturated heterocycles. The third kappa shape index (κ3) is 23.2. The van der Waals surface area contributed by atoms with Crippen molar-refractivity contribution in [3.05, 3.63) is 0 Å². The molecule has 7 nitrogen and oxygen atoms in total. The first-order valence-electron chi connectivity index (χ1n) is 1.88. The van der Waals surface area contributed by atoms with Gasteiger partial charge < -0.3 is 22.5 Å². The van der Waals surface area contributed by atoms with E-state index in [1.807, 2.05) is 0 Å². The van der Waals surface area contributed by atoms with Gasteiger partial charge in [0.05, 0.1) is 0 Å². The van der Waals surface area contributed by atoms with Crippen molar-refractivity contribution in [3.63, 3.8) is 0 Å². The first kappa shape index (κ1) is 29.5. The van der Waals surface area contributed by atoms with E-state index < -0.39 is 18.5 Å². The van der Waals surface area contributed by atoms with Crippen LogP contribution >= 0.6 is 0 Å². The van der Waals surface area contributed by atoms with Crippen LogP contribution in [0.4, 0.5) is 14.4 Å². The van der Waals surface area contributed by atoms with Gasteiger partial charge in [-0.1, -0.05) is 0 Å². The van der Waals surface area contributed by atoms with Gasteiger partial charge in [0.25, 0.3) is 0 Å². The summed E-state index contributed by atoms with van der Waals surface area (Å²) in [5.74, 6) is 0. The molecule has 0 atom stereocenters. The minimum absolute atomic E-state index is 0. The van der Waals surface area contributed by atoms with Crippen LogP contribution in [-0.4, -0.2) is 28.7 Å². The molecule has 0 fully saturated rings. The first-order valence-corrected chi connectivity index (χ1v) is 1.88. The molecule has 82 valence electrons. The Morgan fingerprint density at radius 2 is 1.07 bits per heavy atom. The Bertz CT molecular complexity index is 176. The maximum Gasteiger partial charge on any atom is 1.00 e. The van der Waals surface area contributed by atoms with Gasteiger partial charge in [0.2, 0.25) is 0 Å². The molecule has 0 aromatic heterocycles. The fraction of sp³-hybridized carbons (Fsp3) is 0. The average Bonchev–Trinajstić information content (AvgIpc) is 1.58. The molecule has 0 saturated carbocycles. The van der Waals surface area contributed by atoms with Gasteiger partial charge in [-0.3, -0.25) is 0 Å². The Hall–Kier alpha value is 1.25. The predicted molar refractivity (Wildman–Crippen MR) is 25.8 cm³/mol. The summed E-state index contributed by atoms with van der Waals surface area (Å²) >= 11 is 0. The van der Waals surface area contributed by atoms with Crippen molar-refractivity contribution >= 4 is 18.5 Å². The van der Waals surface area contributed by atoms with Crippen LogP contribution in [0.25, 0.3) is 0 Å². The Morgan fingerprint density at radius 3 is 1.21 bits per heavy atom. The van der Waals surface area contributed by atoms with Gasteiger partial charge in [-0.05, 0) is 0 Å². The van der Waals surface area contributed by atoms with Gasteiger partial charge >= 0.3 is 77.6 Å². The van der Waals surface area contributed by atoms with E-state index in [-0.39, 0.29) is 96.1 Å². The summed E-state index contributed by atoms with van der Waals surface area (Å²) in [5.41, 5.74) is 0. The van der Waals surface area contributed by atoms with Crippen molar-refractivity contribution in [1.82, 2.24) is 0 Å². The maximum absolute atomic E-state index is 9.86. The Morgan fingerprint density at radius 1 is 0.857 bits per heavy atom. The van der Waals surface area contributed by atoms with Crippen LogP contribution in [0, 0.1) is 0 Å². The van der Waals surface area contributed by atoms with Crippen LogP contribution in [0.2, 0.25) is 0 Å². The molecular formula is C3H4Cu2Na2O7. The zero-order valence-electron chi connectivity index (χ0n) is 9.04. The molecular weight excluding hydrogens is 321 g/mol. The molecule has 2 N–H and O–H groups in total. The number of hydrogen-bond acceptors (Lipinski definition) is 5. The predicted octanol–water partition coefficient (Wildman–Crippen LogP) is -5.28. The van der Waals surface area contributed by atoms with Gasteiger partial charge in [0.1, 0.15) is 0 Å². The van der Waals surface area contributed by atoms with Gasteiger partial charge in [-0.2, -0.15) is 0 Å². The summed E-state index contributed by atoms with van der Waals surface area (Å²) in [4.78, 5) is 28.8. The molecule has 0 bridgehead atoms. The average molecular weight is 325 g/mol. The maximum atomic E-state index is 9.86. The summed E-state index contributed by atoms with van der Waals surface area (Å²) in [6, 6.07) is 0. The van der Waals surface area contributed by atoms with E-state index in [0.717, 1.165) is 0 Å². The largest absolute Gasteiger partial charge is 1.00 e. The van der Waals surface area contributed by atoms with Gasteiger partial charge in [-0.15, -0.1) is 0 Å². The van der Waals surface area contributed by atoms with Crippen LogP contribution in [-0.2, 0) is 43.6 Å². The molecule has 0 aliphatic heterocycles. The van der Waals surface area contributed by atoms with E-state index in [9.17, 15) is 14.4 Å². The zero-order chi connectivity index (χ0) is 8.15. The van der Waals surface area contributed by atoms with Crippen LogP contribution in [0.1, 0.15) is 2.85 Å². The third-order valence-corrected chi connectivity index (χ3v) is 0.341. The van der Waals surface area contributed by atoms with Crippen LogP contribution in [0.5, 0.6) is 0 Å². The summed E-state index contributed by atoms with van der Waals surface area (Å²) < 4.78 is 6.47. The van der Waals surface area contributed by atoms with E-state index in [0.29, 0.717) is 0 Å². The number of carbonyl (C=O) groups excluding carboxylic acids is 1. The molecule has 0 aromatic carbocycles. The molecule has 0 aliphatic rings. The Kier molecular flexibility index (Phi) is 35.1.